The molecule has 0 atom stereocenters. The Balaban J connectivity index is 3.80. The van der Waals surface area contributed by atoms with Crippen LogP contribution in [-0.4, -0.2) is 33.9 Å². The van der Waals surface area contributed by atoms with E-state index in [-0.39, 0.29) is 0 Å². The van der Waals surface area contributed by atoms with Gasteiger partial charge in [-0.15, -0.1) is 0 Å². The maximum absolute atomic E-state index is 5.20. The zero-order valence-corrected chi connectivity index (χ0v) is 25.0. The first-order valence-electron chi connectivity index (χ1n) is 13.0. The van der Waals surface area contributed by atoms with Crippen molar-refractivity contribution in [3.05, 3.63) is 12.5 Å². The van der Waals surface area contributed by atoms with Crippen molar-refractivity contribution in [2.75, 3.05) is 4.23 Å². The molecule has 6 heteroatoms. The smallest absolute Gasteiger partial charge is 0.154 e. The molecule has 1 heterocycles. The summed E-state index contributed by atoms with van der Waals surface area (Å²) in [6.07, 6.45) is 12.6. The highest BCUT2D eigenvalue weighted by Gasteiger charge is 2.49. The normalized spacial score (nSPS) is 13.1. The Hall–Kier alpha value is -0.339. The van der Waals surface area contributed by atoms with Crippen molar-refractivity contribution < 1.29 is 0 Å². The van der Waals surface area contributed by atoms with Gasteiger partial charge in [0.15, 0.2) is 8.24 Å². The van der Waals surface area contributed by atoms with Crippen LogP contribution in [-0.2, 0) is 0 Å². The predicted octanol–water partition coefficient (Wildman–Crippen LogP) is 8.72. The summed E-state index contributed by atoms with van der Waals surface area (Å²) in [6.45, 7) is 21.9. The molecule has 0 aliphatic heterocycles. The lowest BCUT2D eigenvalue weighted by Crippen LogP contribution is -2.67. The van der Waals surface area contributed by atoms with Crippen molar-refractivity contribution in [1.82, 2.24) is 9.22 Å². The van der Waals surface area contributed by atoms with E-state index in [4.69, 9.17) is 4.98 Å². The van der Waals surface area contributed by atoms with Gasteiger partial charge in [-0.05, 0) is 36.3 Å². The predicted molar refractivity (Wildman–Crippen MR) is 146 cm³/mol. The van der Waals surface area contributed by atoms with Crippen LogP contribution < -0.4 is 4.23 Å². The molecule has 1 aromatic heterocycles. The summed E-state index contributed by atoms with van der Waals surface area (Å²) in [6, 6.07) is 8.67. The molecule has 0 unspecified atom stereocenters. The van der Waals surface area contributed by atoms with Gasteiger partial charge in [0.1, 0.15) is 22.3 Å². The third-order valence-corrected chi connectivity index (χ3v) is 22.4. The zero-order valence-electron chi connectivity index (χ0n) is 22.0. The lowest BCUT2D eigenvalue weighted by Gasteiger charge is -2.54. The molecule has 0 spiro atoms. The highest BCUT2D eigenvalue weighted by atomic mass is 28.4. The van der Waals surface area contributed by atoms with Crippen molar-refractivity contribution in [3.63, 3.8) is 0 Å². The fraction of sp³-hybridized carbons (Fsp3) is 0.875. The molecule has 0 N–H and O–H groups in total. The van der Waals surface area contributed by atoms with Crippen molar-refractivity contribution >= 4 is 30.5 Å². The fourth-order valence-electron chi connectivity index (χ4n) is 6.00. The van der Waals surface area contributed by atoms with Crippen molar-refractivity contribution in [3.8, 4) is 0 Å². The molecule has 30 heavy (non-hydrogen) atoms. The van der Waals surface area contributed by atoms with Crippen LogP contribution in [0.4, 0.5) is 5.82 Å². The van der Waals surface area contributed by atoms with Gasteiger partial charge in [0, 0.05) is 6.20 Å². The van der Waals surface area contributed by atoms with Gasteiger partial charge in [0.2, 0.25) is 0 Å². The average Bonchev–Trinajstić information content (AvgIpc) is 3.13. The van der Waals surface area contributed by atoms with E-state index in [0.717, 1.165) is 0 Å². The second kappa shape index (κ2) is 12.6. The monoisotopic (exact) mass is 467 g/mol. The Morgan fingerprint density at radius 3 is 1.23 bits per heavy atom. The largest absolute Gasteiger partial charge is 0.407 e. The Morgan fingerprint density at radius 1 is 0.667 bits per heavy atom. The van der Waals surface area contributed by atoms with E-state index in [0.29, 0.717) is 0 Å². The number of rotatable bonds is 16. The van der Waals surface area contributed by atoms with Crippen molar-refractivity contribution in [2.24, 2.45) is 0 Å². The number of aromatic nitrogens is 2. The van der Waals surface area contributed by atoms with Crippen LogP contribution in [0.3, 0.4) is 0 Å². The first kappa shape index (κ1) is 27.7. The molecule has 1 rings (SSSR count). The number of hydrogen-bond donors (Lipinski definition) is 0. The summed E-state index contributed by atoms with van der Waals surface area (Å²) < 4.78 is 5.70. The number of nitrogens with zero attached hydrogens (tertiary/aromatic N) is 3. The van der Waals surface area contributed by atoms with Gasteiger partial charge in [0.25, 0.3) is 0 Å². The molecule has 0 saturated heterocycles. The average molecular weight is 468 g/mol. The summed E-state index contributed by atoms with van der Waals surface area (Å²) in [5.74, 6) is 1.38. The van der Waals surface area contributed by atoms with Gasteiger partial charge in [-0.1, -0.05) is 99.7 Å². The number of imidazole rings is 1. The molecule has 0 saturated carbocycles. The summed E-state index contributed by atoms with van der Waals surface area (Å²) in [5.41, 5.74) is 0. The second-order valence-corrected chi connectivity index (χ2v) is 24.7. The first-order valence-corrected chi connectivity index (χ1v) is 21.6. The molecule has 0 aliphatic carbocycles. The van der Waals surface area contributed by atoms with Crippen LogP contribution in [0.5, 0.6) is 0 Å². The Kier molecular flexibility index (Phi) is 11.7. The summed E-state index contributed by atoms with van der Waals surface area (Å²) >= 11 is 0. The Labute approximate surface area is 192 Å². The first-order chi connectivity index (χ1) is 14.2. The van der Waals surface area contributed by atoms with Gasteiger partial charge < -0.3 is 8.46 Å². The zero-order chi connectivity index (χ0) is 22.8. The van der Waals surface area contributed by atoms with Crippen LogP contribution >= 0.6 is 0 Å². The van der Waals surface area contributed by atoms with Gasteiger partial charge in [-0.25, -0.2) is 4.98 Å². The molecular weight excluding hydrogens is 415 g/mol. The Bertz CT molecular complexity index is 535. The van der Waals surface area contributed by atoms with E-state index < -0.39 is 24.7 Å². The highest BCUT2D eigenvalue weighted by Crippen LogP contribution is 2.43. The lowest BCUT2D eigenvalue weighted by molar-refractivity contribution is 0.872. The summed E-state index contributed by atoms with van der Waals surface area (Å²) in [7, 11) is -4.68. The third kappa shape index (κ3) is 6.58. The van der Waals surface area contributed by atoms with E-state index in [2.05, 4.69) is 82.2 Å². The maximum atomic E-state index is 5.20. The molecule has 0 fully saturated rings. The topological polar surface area (TPSA) is 21.1 Å². The molecule has 0 amide bonds. The van der Waals surface area contributed by atoms with Gasteiger partial charge in [-0.3, -0.25) is 0 Å². The minimum Gasteiger partial charge on any atom is -0.407 e. The number of hydrogen-bond acceptors (Lipinski definition) is 2. The summed E-state index contributed by atoms with van der Waals surface area (Å²) in [5, 5.41) is 0. The van der Waals surface area contributed by atoms with E-state index in [1.54, 1.807) is 0 Å². The van der Waals surface area contributed by atoms with E-state index in [1.807, 2.05) is 0 Å². The second-order valence-electron chi connectivity index (χ2n) is 10.6. The van der Waals surface area contributed by atoms with Gasteiger partial charge in [-0.2, -0.15) is 0 Å². The quantitative estimate of drug-likeness (QED) is 0.226. The molecule has 0 aliphatic rings. The molecule has 0 bridgehead atoms. The number of anilines is 1. The van der Waals surface area contributed by atoms with Crippen LogP contribution in [0.2, 0.25) is 55.9 Å². The minimum atomic E-state index is -1.62. The van der Waals surface area contributed by atoms with Crippen LogP contribution in [0, 0.1) is 0 Å². The third-order valence-electron chi connectivity index (χ3n) is 6.81. The molecule has 176 valence electrons. The molecular formula is C24H53N3Si3. The van der Waals surface area contributed by atoms with E-state index >= 15 is 0 Å². The minimum absolute atomic E-state index is 1.33. The van der Waals surface area contributed by atoms with E-state index in [1.165, 1.54) is 80.6 Å². The molecule has 1 aromatic rings. The van der Waals surface area contributed by atoms with Crippen LogP contribution in [0.15, 0.2) is 12.5 Å². The SMILES string of the molecule is CCC[Si](CCC)(CCC)N(c1cn([Si](C)(C)C)cn1)[Si](CCC)(CCC)CCC. The van der Waals surface area contributed by atoms with E-state index in [9.17, 15) is 0 Å². The molecule has 0 aromatic carbocycles. The van der Waals surface area contributed by atoms with Crippen LogP contribution in [0.25, 0.3) is 0 Å². The van der Waals surface area contributed by atoms with Crippen LogP contribution in [0.1, 0.15) is 80.1 Å². The standard InChI is InChI=1S/C24H53N3Si3/c1-10-16-29(17-11-2,18-12-3)27(24-22-26(23-25-24)28(7,8)9)30(19-13-4,20-14-5)21-15-6/h22-23H,10-21H2,1-9H3. The highest BCUT2D eigenvalue weighted by molar-refractivity contribution is 7.02. The fourth-order valence-corrected chi connectivity index (χ4v) is 22.6. The Morgan fingerprint density at radius 2 is 1.00 bits per heavy atom. The molecule has 3 nitrogen and oxygen atoms in total. The summed E-state index contributed by atoms with van der Waals surface area (Å²) in [4.78, 5) is 5.20. The molecule has 0 radical (unpaired) electrons. The van der Waals surface area contributed by atoms with Gasteiger partial charge in [0.05, 0.1) is 6.33 Å². The maximum Gasteiger partial charge on any atom is 0.154 e. The van der Waals surface area contributed by atoms with Crippen molar-refractivity contribution in [1.29, 1.82) is 0 Å². The van der Waals surface area contributed by atoms with Gasteiger partial charge >= 0.3 is 0 Å². The lowest BCUT2D eigenvalue weighted by atomic mass is 10.5. The van der Waals surface area contributed by atoms with Crippen molar-refractivity contribution in [2.45, 2.75) is 136 Å².